The van der Waals surface area contributed by atoms with Crippen molar-refractivity contribution in [2.45, 2.75) is 56.3 Å². The van der Waals surface area contributed by atoms with Crippen LogP contribution in [-0.4, -0.2) is 75.1 Å². The van der Waals surface area contributed by atoms with Crippen molar-refractivity contribution in [1.82, 2.24) is 16.0 Å². The zero-order valence-corrected chi connectivity index (χ0v) is 22.0. The quantitative estimate of drug-likeness (QED) is 0.119. The Hall–Kier alpha value is -4.98. The van der Waals surface area contributed by atoms with E-state index in [1.165, 1.54) is 24.3 Å². The fourth-order valence-corrected chi connectivity index (χ4v) is 3.76. The van der Waals surface area contributed by atoms with E-state index in [1.807, 2.05) is 0 Å². The summed E-state index contributed by atoms with van der Waals surface area (Å²) in [4.78, 5) is 73.2. The van der Waals surface area contributed by atoms with Crippen LogP contribution in [-0.2, 0) is 41.6 Å². The number of carbonyl (C=O) groups is 6. The third-order valence-electron chi connectivity index (χ3n) is 5.96. The number of rotatable bonds is 16. The molecule has 14 nitrogen and oxygen atoms in total. The van der Waals surface area contributed by atoms with Crippen molar-refractivity contribution < 1.29 is 44.1 Å². The van der Waals surface area contributed by atoms with Gasteiger partial charge in [0.2, 0.25) is 23.6 Å². The summed E-state index contributed by atoms with van der Waals surface area (Å²) in [5.74, 6) is -6.34. The molecule has 0 radical (unpaired) electrons. The minimum Gasteiger partial charge on any atom is -0.508 e. The van der Waals surface area contributed by atoms with Gasteiger partial charge in [0.05, 0.1) is 12.5 Å². The molecule has 0 heterocycles. The van der Waals surface area contributed by atoms with E-state index in [-0.39, 0.29) is 31.4 Å². The lowest BCUT2D eigenvalue weighted by Gasteiger charge is -2.25. The van der Waals surface area contributed by atoms with Gasteiger partial charge in [-0.25, -0.2) is 4.79 Å². The van der Waals surface area contributed by atoms with Gasteiger partial charge < -0.3 is 42.7 Å². The minimum absolute atomic E-state index is 0.0418. The van der Waals surface area contributed by atoms with E-state index in [0.29, 0.717) is 11.1 Å². The molecular formula is C27H33N5O9. The predicted molar refractivity (Wildman–Crippen MR) is 144 cm³/mol. The summed E-state index contributed by atoms with van der Waals surface area (Å²) in [6.45, 7) is 0. The average Bonchev–Trinajstić information content (AvgIpc) is 2.91. The van der Waals surface area contributed by atoms with Crippen LogP contribution in [0, 0.1) is 0 Å². The van der Waals surface area contributed by atoms with Crippen LogP contribution >= 0.6 is 0 Å². The molecule has 0 aliphatic carbocycles. The number of phenols is 1. The van der Waals surface area contributed by atoms with Crippen molar-refractivity contribution in [3.8, 4) is 5.75 Å². The molecule has 4 unspecified atom stereocenters. The van der Waals surface area contributed by atoms with Crippen molar-refractivity contribution >= 4 is 35.6 Å². The van der Waals surface area contributed by atoms with Crippen LogP contribution in [0.15, 0.2) is 54.6 Å². The first kappa shape index (κ1) is 32.2. The summed E-state index contributed by atoms with van der Waals surface area (Å²) in [6, 6.07) is 8.43. The summed E-state index contributed by atoms with van der Waals surface area (Å²) >= 11 is 0. The predicted octanol–water partition coefficient (Wildman–Crippen LogP) is -1.22. The third-order valence-corrected chi connectivity index (χ3v) is 5.96. The van der Waals surface area contributed by atoms with Gasteiger partial charge >= 0.3 is 11.9 Å². The lowest BCUT2D eigenvalue weighted by Crippen LogP contribution is -2.58. The molecule has 0 saturated heterocycles. The maximum Gasteiger partial charge on any atom is 0.326 e. The molecular weight excluding hydrogens is 538 g/mol. The normalized spacial score (nSPS) is 13.6. The SMILES string of the molecule is NC(=O)CCC(N)C(=O)NC(Cc1ccccc1)C(=O)NC(CC(=O)O)C(=O)NC(Cc1ccc(O)cc1)C(=O)O. The molecule has 2 aromatic carbocycles. The fourth-order valence-electron chi connectivity index (χ4n) is 3.76. The van der Waals surface area contributed by atoms with E-state index in [0.717, 1.165) is 0 Å². The molecule has 4 amide bonds. The van der Waals surface area contributed by atoms with Gasteiger partial charge in [-0.2, -0.15) is 0 Å². The Morgan fingerprint density at radius 1 is 0.707 bits per heavy atom. The second kappa shape index (κ2) is 15.6. The Labute approximate surface area is 235 Å². The molecule has 2 aromatic rings. The zero-order chi connectivity index (χ0) is 30.5. The number of aliphatic carboxylic acids is 2. The first-order valence-corrected chi connectivity index (χ1v) is 12.6. The number of amides is 4. The molecule has 14 heteroatoms. The highest BCUT2D eigenvalue weighted by atomic mass is 16.4. The number of carbonyl (C=O) groups excluding carboxylic acids is 4. The number of phenolic OH excluding ortho intramolecular Hbond substituents is 1. The Bertz CT molecular complexity index is 1240. The van der Waals surface area contributed by atoms with Crippen molar-refractivity contribution in [1.29, 1.82) is 0 Å². The molecule has 41 heavy (non-hydrogen) atoms. The number of carboxylic acids is 2. The fraction of sp³-hybridized carbons (Fsp3) is 0.333. The maximum absolute atomic E-state index is 13.3. The number of hydrogen-bond acceptors (Lipinski definition) is 8. The summed E-state index contributed by atoms with van der Waals surface area (Å²) in [5, 5.41) is 35.4. The Morgan fingerprint density at radius 2 is 1.22 bits per heavy atom. The second-order valence-corrected chi connectivity index (χ2v) is 9.29. The van der Waals surface area contributed by atoms with Crippen LogP contribution in [0.5, 0.6) is 5.75 Å². The van der Waals surface area contributed by atoms with E-state index in [1.54, 1.807) is 30.3 Å². The molecule has 0 aromatic heterocycles. The van der Waals surface area contributed by atoms with Crippen LogP contribution < -0.4 is 27.4 Å². The van der Waals surface area contributed by atoms with Gasteiger partial charge in [-0.3, -0.25) is 24.0 Å². The van der Waals surface area contributed by atoms with Crippen molar-refractivity contribution in [2.75, 3.05) is 0 Å². The minimum atomic E-state index is -1.69. The van der Waals surface area contributed by atoms with E-state index in [9.17, 15) is 44.1 Å². The van der Waals surface area contributed by atoms with Crippen LogP contribution in [0.3, 0.4) is 0 Å². The average molecular weight is 572 g/mol. The monoisotopic (exact) mass is 571 g/mol. The number of carboxylic acid groups (broad SMARTS) is 2. The summed E-state index contributed by atoms with van der Waals surface area (Å²) < 4.78 is 0. The van der Waals surface area contributed by atoms with Gasteiger partial charge in [-0.1, -0.05) is 42.5 Å². The highest BCUT2D eigenvalue weighted by Crippen LogP contribution is 2.12. The van der Waals surface area contributed by atoms with Gasteiger partial charge in [0.25, 0.3) is 0 Å². The Morgan fingerprint density at radius 3 is 1.78 bits per heavy atom. The van der Waals surface area contributed by atoms with E-state index in [4.69, 9.17) is 11.5 Å². The molecule has 4 atom stereocenters. The Balaban J connectivity index is 2.21. The number of hydrogen-bond donors (Lipinski definition) is 8. The molecule has 0 saturated carbocycles. The molecule has 0 fully saturated rings. The molecule has 0 aliphatic rings. The van der Waals surface area contributed by atoms with E-state index < -0.39 is 66.2 Å². The lowest BCUT2D eigenvalue weighted by molar-refractivity contribution is -0.143. The maximum atomic E-state index is 13.3. The van der Waals surface area contributed by atoms with Crippen LogP contribution in [0.2, 0.25) is 0 Å². The number of primary amides is 1. The molecule has 220 valence electrons. The third kappa shape index (κ3) is 11.3. The summed E-state index contributed by atoms with van der Waals surface area (Å²) in [6.07, 6.45) is -1.37. The number of nitrogens with two attached hydrogens (primary N) is 2. The van der Waals surface area contributed by atoms with Crippen molar-refractivity contribution in [2.24, 2.45) is 11.5 Å². The number of benzene rings is 2. The summed E-state index contributed by atoms with van der Waals surface area (Å²) in [7, 11) is 0. The van der Waals surface area contributed by atoms with Crippen molar-refractivity contribution in [3.05, 3.63) is 65.7 Å². The van der Waals surface area contributed by atoms with E-state index >= 15 is 0 Å². The first-order chi connectivity index (χ1) is 19.3. The molecule has 0 spiro atoms. The van der Waals surface area contributed by atoms with Gasteiger partial charge in [0.15, 0.2) is 0 Å². The highest BCUT2D eigenvalue weighted by molar-refractivity contribution is 5.95. The van der Waals surface area contributed by atoms with Gasteiger partial charge in [0.1, 0.15) is 23.9 Å². The second-order valence-electron chi connectivity index (χ2n) is 9.29. The van der Waals surface area contributed by atoms with Gasteiger partial charge in [0, 0.05) is 19.3 Å². The Kier molecular flexibility index (Phi) is 12.2. The molecule has 0 bridgehead atoms. The molecule has 2 rings (SSSR count). The zero-order valence-electron chi connectivity index (χ0n) is 22.0. The number of nitrogens with one attached hydrogen (secondary N) is 3. The topological polar surface area (TPSA) is 251 Å². The molecule has 10 N–H and O–H groups in total. The lowest BCUT2D eigenvalue weighted by atomic mass is 10.0. The smallest absolute Gasteiger partial charge is 0.326 e. The number of aromatic hydroxyl groups is 1. The largest absolute Gasteiger partial charge is 0.508 e. The molecule has 0 aliphatic heterocycles. The van der Waals surface area contributed by atoms with E-state index in [2.05, 4.69) is 16.0 Å². The first-order valence-electron chi connectivity index (χ1n) is 12.6. The van der Waals surface area contributed by atoms with Gasteiger partial charge in [-0.05, 0) is 29.7 Å². The van der Waals surface area contributed by atoms with Crippen LogP contribution in [0.1, 0.15) is 30.4 Å². The van der Waals surface area contributed by atoms with Gasteiger partial charge in [-0.15, -0.1) is 0 Å². The standard InChI is InChI=1S/C27H33N5O9/c28-18(10-11-22(29)34)24(37)30-19(12-15-4-2-1-3-5-15)25(38)31-20(14-23(35)36)26(39)32-21(27(40)41)13-16-6-8-17(33)9-7-16/h1-9,18-21,33H,10-14,28H2,(H2,29,34)(H,30,37)(H,31,38)(H,32,39)(H,35,36)(H,40,41). The van der Waals surface area contributed by atoms with Crippen LogP contribution in [0.4, 0.5) is 0 Å². The highest BCUT2D eigenvalue weighted by Gasteiger charge is 2.32. The van der Waals surface area contributed by atoms with Crippen molar-refractivity contribution in [3.63, 3.8) is 0 Å². The summed E-state index contributed by atoms with van der Waals surface area (Å²) in [5.41, 5.74) is 12.0. The van der Waals surface area contributed by atoms with Crippen LogP contribution in [0.25, 0.3) is 0 Å².